The van der Waals surface area contributed by atoms with Crippen LogP contribution < -0.4 is 15.9 Å². The fraction of sp³-hybridized carbons (Fsp3) is 0.412. The lowest BCUT2D eigenvalue weighted by Gasteiger charge is -2.24. The normalized spacial score (nSPS) is 28.2. The number of halogens is 2. The summed E-state index contributed by atoms with van der Waals surface area (Å²) in [5.41, 5.74) is 1.66. The summed E-state index contributed by atoms with van der Waals surface area (Å²) < 4.78 is 57.3. The van der Waals surface area contributed by atoms with E-state index in [0.29, 0.717) is 10.8 Å². The first-order valence-corrected chi connectivity index (χ1v) is 9.64. The number of aliphatic hydroxyl groups excluding tert-OH is 1. The molecule has 0 spiro atoms. The van der Waals surface area contributed by atoms with Gasteiger partial charge >= 0.3 is 13.9 Å². The minimum absolute atomic E-state index is 0.289. The van der Waals surface area contributed by atoms with E-state index in [2.05, 4.69) is 4.98 Å². The zero-order chi connectivity index (χ0) is 21.3. The third-order valence-electron chi connectivity index (χ3n) is 4.48. The number of benzene rings is 1. The zero-order valence-electron chi connectivity index (χ0n) is 15.4. The van der Waals surface area contributed by atoms with Crippen molar-refractivity contribution in [2.24, 2.45) is 0 Å². The summed E-state index contributed by atoms with van der Waals surface area (Å²) >= 11 is 0. The highest BCUT2D eigenvalue weighted by atomic mass is 31.1. The van der Waals surface area contributed by atoms with Crippen molar-refractivity contribution in [2.75, 3.05) is 5.73 Å². The Labute approximate surface area is 165 Å². The van der Waals surface area contributed by atoms with Crippen LogP contribution in [0, 0.1) is 5.82 Å². The molecular formula is C17H19F2N3O6P+. The molecule has 29 heavy (non-hydrogen) atoms. The van der Waals surface area contributed by atoms with Gasteiger partial charge in [0.2, 0.25) is 0 Å². The van der Waals surface area contributed by atoms with Gasteiger partial charge in [-0.3, -0.25) is 4.57 Å². The van der Waals surface area contributed by atoms with Crippen LogP contribution in [0.2, 0.25) is 0 Å². The maximum atomic E-state index is 15.2. The average Bonchev–Trinajstić information content (AvgIpc) is 2.89. The van der Waals surface area contributed by atoms with Gasteiger partial charge in [-0.05, 0) is 26.0 Å². The van der Waals surface area contributed by atoms with Crippen molar-refractivity contribution in [3.05, 3.63) is 52.8 Å². The number of hydrogen-bond donors (Lipinski definition) is 2. The number of nitrogen functional groups attached to an aromatic ring is 1. The topological polar surface area (TPSA) is 126 Å². The van der Waals surface area contributed by atoms with Crippen molar-refractivity contribution in [3.8, 4) is 5.75 Å². The van der Waals surface area contributed by atoms with E-state index in [1.54, 1.807) is 30.3 Å². The minimum Gasteiger partial charge on any atom is -0.387 e. The number of nitrogens with zero attached hydrogens (tertiary/aromatic N) is 2. The van der Waals surface area contributed by atoms with Crippen molar-refractivity contribution < 1.29 is 32.2 Å². The summed E-state index contributed by atoms with van der Waals surface area (Å²) in [5.74, 6) is -1.41. The van der Waals surface area contributed by atoms with Crippen molar-refractivity contribution in [1.29, 1.82) is 0 Å². The third kappa shape index (κ3) is 4.27. The second-order valence-corrected chi connectivity index (χ2v) is 7.49. The van der Waals surface area contributed by atoms with Crippen LogP contribution in [0.25, 0.3) is 0 Å². The highest BCUT2D eigenvalue weighted by Gasteiger charge is 2.58. The summed E-state index contributed by atoms with van der Waals surface area (Å²) in [6.07, 6.45) is -5.28. The Bertz CT molecular complexity index is 958. The Morgan fingerprint density at radius 1 is 1.41 bits per heavy atom. The Morgan fingerprint density at radius 3 is 2.72 bits per heavy atom. The molecule has 1 aliphatic rings. The second kappa shape index (κ2) is 8.11. The number of aliphatic hydroxyl groups is 1. The molecule has 0 radical (unpaired) electrons. The monoisotopic (exact) mass is 430 g/mol. The van der Waals surface area contributed by atoms with E-state index in [0.717, 1.165) is 6.92 Å². The lowest BCUT2D eigenvalue weighted by Crippen LogP contribution is -2.44. The Kier molecular flexibility index (Phi) is 5.95. The fourth-order valence-electron chi connectivity index (χ4n) is 2.94. The van der Waals surface area contributed by atoms with E-state index < -0.39 is 55.8 Å². The molecule has 3 rings (SSSR count). The molecule has 2 heterocycles. The molecule has 3 N–H and O–H groups in total. The molecule has 1 aliphatic heterocycles. The van der Waals surface area contributed by atoms with Crippen molar-refractivity contribution in [1.82, 2.24) is 9.55 Å². The summed E-state index contributed by atoms with van der Waals surface area (Å²) in [5, 5.41) is 10.4. The van der Waals surface area contributed by atoms with E-state index in [9.17, 15) is 18.9 Å². The largest absolute Gasteiger partial charge is 0.750 e. The molecule has 0 aliphatic carbocycles. The number of nitrogens with two attached hydrogens (primary N) is 1. The molecule has 12 heteroatoms. The van der Waals surface area contributed by atoms with E-state index >= 15 is 4.39 Å². The van der Waals surface area contributed by atoms with Gasteiger partial charge in [0.1, 0.15) is 18.3 Å². The average molecular weight is 430 g/mol. The maximum Gasteiger partial charge on any atom is 0.750 e. The SMILES string of the molecule is C[C@@H](O[P+](=O)Oc1ccccc1)[C@H]1O[C@@H](n2cc(F)c(N)nc2=O)C(C)(F)[C@H]1O. The number of hydrogen-bond acceptors (Lipinski definition) is 8. The summed E-state index contributed by atoms with van der Waals surface area (Å²) in [4.78, 5) is 15.3. The van der Waals surface area contributed by atoms with E-state index in [1.165, 1.54) is 6.92 Å². The summed E-state index contributed by atoms with van der Waals surface area (Å²) in [6, 6.07) is 8.20. The van der Waals surface area contributed by atoms with Crippen LogP contribution in [0.15, 0.2) is 41.3 Å². The number of para-hydroxylation sites is 1. The van der Waals surface area contributed by atoms with Crippen LogP contribution in [0.5, 0.6) is 5.75 Å². The van der Waals surface area contributed by atoms with Gasteiger partial charge in [0.15, 0.2) is 29.3 Å². The van der Waals surface area contributed by atoms with Crippen LogP contribution in [-0.2, 0) is 13.8 Å². The van der Waals surface area contributed by atoms with Crippen LogP contribution in [0.4, 0.5) is 14.6 Å². The lowest BCUT2D eigenvalue weighted by molar-refractivity contribution is -0.0768. The molecule has 2 unspecified atom stereocenters. The molecule has 1 aromatic heterocycles. The van der Waals surface area contributed by atoms with Gasteiger partial charge in [-0.1, -0.05) is 18.2 Å². The number of anilines is 1. The fourth-order valence-corrected chi connectivity index (χ4v) is 3.67. The lowest BCUT2D eigenvalue weighted by atomic mass is 9.96. The number of aromatic nitrogens is 2. The van der Waals surface area contributed by atoms with Crippen molar-refractivity contribution in [3.63, 3.8) is 0 Å². The van der Waals surface area contributed by atoms with Crippen molar-refractivity contribution in [2.45, 2.75) is 44.1 Å². The molecule has 0 bridgehead atoms. The highest BCUT2D eigenvalue weighted by Crippen LogP contribution is 2.43. The molecule has 6 atom stereocenters. The highest BCUT2D eigenvalue weighted by molar-refractivity contribution is 7.33. The molecular weight excluding hydrogens is 411 g/mol. The molecule has 1 fully saturated rings. The number of alkyl halides is 1. The number of rotatable bonds is 6. The molecule has 9 nitrogen and oxygen atoms in total. The molecule has 0 amide bonds. The molecule has 0 saturated carbocycles. The smallest absolute Gasteiger partial charge is 0.387 e. The quantitative estimate of drug-likeness (QED) is 0.668. The van der Waals surface area contributed by atoms with Gasteiger partial charge in [0, 0.05) is 4.57 Å². The third-order valence-corrected chi connectivity index (χ3v) is 5.35. The second-order valence-electron chi connectivity index (χ2n) is 6.65. The van der Waals surface area contributed by atoms with Gasteiger partial charge in [0.05, 0.1) is 6.20 Å². The van der Waals surface area contributed by atoms with Crippen LogP contribution >= 0.6 is 8.25 Å². The Balaban J connectivity index is 1.76. The van der Waals surface area contributed by atoms with E-state index in [-0.39, 0.29) is 5.75 Å². The standard InChI is InChI=1S/C17H18F2N3O6P/c1-9(27-29(25)28-10-6-4-3-5-7-10)12-13(23)17(2,19)15(26-12)22-8-11(18)14(20)21-16(22)24/h3-9,12-13,15,23H,1-2H3,(H-,20,21,24)/p+1/t9-,12-,13+,15-,17?/m1/s1. The number of ether oxygens (including phenoxy) is 1. The Hall–Kier alpha value is -2.46. The van der Waals surface area contributed by atoms with Gasteiger partial charge in [-0.25, -0.2) is 18.1 Å². The van der Waals surface area contributed by atoms with Gasteiger partial charge in [-0.15, -0.1) is 4.52 Å². The zero-order valence-corrected chi connectivity index (χ0v) is 16.3. The molecule has 1 saturated heterocycles. The van der Waals surface area contributed by atoms with E-state index in [4.69, 9.17) is 19.5 Å². The first-order valence-electron chi connectivity index (χ1n) is 8.55. The molecule has 156 valence electrons. The summed E-state index contributed by atoms with van der Waals surface area (Å²) in [7, 11) is -2.67. The van der Waals surface area contributed by atoms with Gasteiger partial charge in [0.25, 0.3) is 0 Å². The van der Waals surface area contributed by atoms with Crippen LogP contribution in [-0.4, -0.2) is 38.6 Å². The maximum absolute atomic E-state index is 15.2. The predicted molar refractivity (Wildman–Crippen MR) is 97.5 cm³/mol. The first-order chi connectivity index (χ1) is 13.6. The van der Waals surface area contributed by atoms with Gasteiger partial charge in [-0.2, -0.15) is 4.98 Å². The summed E-state index contributed by atoms with van der Waals surface area (Å²) in [6.45, 7) is 2.37. The predicted octanol–water partition coefficient (Wildman–Crippen LogP) is 2.09. The Morgan fingerprint density at radius 2 is 2.07 bits per heavy atom. The first kappa shape index (κ1) is 21.3. The van der Waals surface area contributed by atoms with E-state index in [1.807, 2.05) is 0 Å². The van der Waals surface area contributed by atoms with Crippen molar-refractivity contribution >= 4 is 14.1 Å². The van der Waals surface area contributed by atoms with Gasteiger partial charge < -0.3 is 15.6 Å². The molecule has 1 aromatic carbocycles. The van der Waals surface area contributed by atoms with Crippen LogP contribution in [0.3, 0.4) is 0 Å². The molecule has 2 aromatic rings. The minimum atomic E-state index is -2.67. The van der Waals surface area contributed by atoms with Crippen LogP contribution in [0.1, 0.15) is 20.1 Å².